The lowest BCUT2D eigenvalue weighted by molar-refractivity contribution is 0.0907. The first-order valence-corrected chi connectivity index (χ1v) is 11.4. The van der Waals surface area contributed by atoms with Crippen LogP contribution in [0, 0.1) is 12.8 Å². The first-order valence-electron chi connectivity index (χ1n) is 10.6. The van der Waals surface area contributed by atoms with Crippen molar-refractivity contribution >= 4 is 38.8 Å². The van der Waals surface area contributed by atoms with Gasteiger partial charge in [-0.25, -0.2) is 9.98 Å². The molecule has 32 heavy (non-hydrogen) atoms. The number of nitrogens with one attached hydrogen (secondary N) is 3. The Balaban J connectivity index is 1.43. The monoisotopic (exact) mass is 451 g/mol. The smallest absolute Gasteiger partial charge is 0.201 e. The molecule has 0 bridgehead atoms. The van der Waals surface area contributed by atoms with Crippen LogP contribution in [0.4, 0.5) is 5.69 Å². The molecule has 1 aliphatic heterocycles. The quantitative estimate of drug-likeness (QED) is 0.398. The van der Waals surface area contributed by atoms with Gasteiger partial charge in [-0.3, -0.25) is 9.97 Å². The van der Waals surface area contributed by atoms with Crippen LogP contribution in [0.1, 0.15) is 23.5 Å². The van der Waals surface area contributed by atoms with Crippen LogP contribution in [0.25, 0.3) is 15.8 Å². The van der Waals surface area contributed by atoms with E-state index < -0.39 is 6.10 Å². The molecule has 3 aromatic rings. The number of aliphatic imine (C=N–C) groups is 1. The van der Waals surface area contributed by atoms with Crippen molar-refractivity contribution in [2.24, 2.45) is 10.9 Å². The van der Waals surface area contributed by atoms with Crippen molar-refractivity contribution in [3.63, 3.8) is 0 Å². The molecule has 4 heterocycles. The van der Waals surface area contributed by atoms with Crippen molar-refractivity contribution < 1.29 is 10.2 Å². The third-order valence-corrected chi connectivity index (χ3v) is 6.88. The van der Waals surface area contributed by atoms with Crippen molar-refractivity contribution in [2.75, 3.05) is 18.5 Å². The Bertz CT molecular complexity index is 1160. The predicted octanol–water partition coefficient (Wildman–Crippen LogP) is 1.86. The SMILES string of the molecule is Cc1cc(NC2=NCC(c3nc4cnccc4s3)=C(NC3CC(O)C(CO)C3)N2)ccn1. The number of aliphatic hydroxyl groups is 2. The number of fused-ring (bicyclic) bond motifs is 1. The fourth-order valence-electron chi connectivity index (χ4n) is 4.13. The van der Waals surface area contributed by atoms with Gasteiger partial charge >= 0.3 is 0 Å². The van der Waals surface area contributed by atoms with E-state index in [-0.39, 0.29) is 18.6 Å². The van der Waals surface area contributed by atoms with Gasteiger partial charge in [-0.1, -0.05) is 0 Å². The van der Waals surface area contributed by atoms with Crippen LogP contribution in [0.5, 0.6) is 0 Å². The zero-order valence-electron chi connectivity index (χ0n) is 17.6. The summed E-state index contributed by atoms with van der Waals surface area (Å²) in [7, 11) is 0. The number of pyridine rings is 2. The number of hydrogen-bond donors (Lipinski definition) is 5. The summed E-state index contributed by atoms with van der Waals surface area (Å²) in [5.41, 5.74) is 3.63. The lowest BCUT2D eigenvalue weighted by atomic mass is 10.1. The van der Waals surface area contributed by atoms with Gasteiger partial charge in [-0.2, -0.15) is 0 Å². The Morgan fingerprint density at radius 3 is 2.94 bits per heavy atom. The highest BCUT2D eigenvalue weighted by molar-refractivity contribution is 7.19. The number of thiazole rings is 1. The van der Waals surface area contributed by atoms with E-state index in [0.29, 0.717) is 25.3 Å². The van der Waals surface area contributed by atoms with Crippen molar-refractivity contribution in [3.05, 3.63) is 53.3 Å². The normalized spacial score (nSPS) is 23.2. The summed E-state index contributed by atoms with van der Waals surface area (Å²) in [5.74, 6) is 1.33. The predicted molar refractivity (Wildman–Crippen MR) is 125 cm³/mol. The van der Waals surface area contributed by atoms with Crippen molar-refractivity contribution in [1.82, 2.24) is 25.6 Å². The zero-order valence-corrected chi connectivity index (χ0v) is 18.4. The molecule has 10 heteroatoms. The Morgan fingerprint density at radius 1 is 1.25 bits per heavy atom. The summed E-state index contributed by atoms with van der Waals surface area (Å²) in [6.07, 6.45) is 6.06. The first kappa shape index (κ1) is 20.8. The second kappa shape index (κ2) is 8.81. The van der Waals surface area contributed by atoms with E-state index in [1.54, 1.807) is 29.9 Å². The fraction of sp³-hybridized carbons (Fsp3) is 0.364. The molecule has 0 saturated heterocycles. The molecule has 3 unspecified atom stereocenters. The van der Waals surface area contributed by atoms with E-state index in [4.69, 9.17) is 9.98 Å². The number of nitrogens with zero attached hydrogens (tertiary/aromatic N) is 4. The van der Waals surface area contributed by atoms with Gasteiger partial charge in [0.1, 0.15) is 16.3 Å². The largest absolute Gasteiger partial charge is 0.396 e. The van der Waals surface area contributed by atoms with E-state index in [2.05, 4.69) is 25.9 Å². The number of anilines is 1. The van der Waals surface area contributed by atoms with Gasteiger partial charge in [-0.15, -0.1) is 11.3 Å². The molecule has 5 rings (SSSR count). The molecule has 3 atom stereocenters. The first-order chi connectivity index (χ1) is 15.6. The summed E-state index contributed by atoms with van der Waals surface area (Å²) in [4.78, 5) is 17.9. The molecule has 1 saturated carbocycles. The van der Waals surface area contributed by atoms with E-state index in [0.717, 1.165) is 38.0 Å². The number of rotatable bonds is 5. The maximum Gasteiger partial charge on any atom is 0.201 e. The van der Waals surface area contributed by atoms with Crippen LogP contribution in [0.2, 0.25) is 0 Å². The minimum Gasteiger partial charge on any atom is -0.396 e. The Morgan fingerprint density at radius 2 is 2.16 bits per heavy atom. The number of guanidine groups is 1. The molecule has 0 amide bonds. The standard InChI is InChI=1S/C22H25N7O2S/c1-12-6-14(2-5-24-12)27-22-25-9-16(21-28-17-10-23-4-3-19(17)32-21)20(29-22)26-15-7-13(11-30)18(31)8-15/h2-6,10,13,15,18,26,30-31H,7-9,11H2,1H3,(H2,24,25,27,29). The molecule has 0 aromatic carbocycles. The van der Waals surface area contributed by atoms with Crippen molar-refractivity contribution in [3.8, 4) is 0 Å². The molecule has 1 aliphatic carbocycles. The molecule has 0 radical (unpaired) electrons. The Labute approximate surface area is 189 Å². The van der Waals surface area contributed by atoms with Crippen LogP contribution in [-0.2, 0) is 0 Å². The van der Waals surface area contributed by atoms with Gasteiger partial charge in [0.25, 0.3) is 0 Å². The maximum atomic E-state index is 10.2. The lowest BCUT2D eigenvalue weighted by Crippen LogP contribution is -2.43. The van der Waals surface area contributed by atoms with Crippen LogP contribution in [0.15, 0.2) is 47.6 Å². The summed E-state index contributed by atoms with van der Waals surface area (Å²) >= 11 is 1.60. The molecular weight excluding hydrogens is 426 g/mol. The number of aliphatic hydroxyl groups excluding tert-OH is 2. The van der Waals surface area contributed by atoms with Gasteiger partial charge in [0, 0.05) is 47.9 Å². The van der Waals surface area contributed by atoms with E-state index in [1.807, 2.05) is 25.1 Å². The summed E-state index contributed by atoms with van der Waals surface area (Å²) in [6.45, 7) is 2.38. The van der Waals surface area contributed by atoms with Gasteiger partial charge in [0.2, 0.25) is 5.96 Å². The molecular formula is C22H25N7O2S. The fourth-order valence-corrected chi connectivity index (χ4v) is 5.10. The lowest BCUT2D eigenvalue weighted by Gasteiger charge is -2.26. The Hall–Kier alpha value is -3.08. The van der Waals surface area contributed by atoms with Crippen LogP contribution < -0.4 is 16.0 Å². The van der Waals surface area contributed by atoms with E-state index >= 15 is 0 Å². The van der Waals surface area contributed by atoms with Crippen LogP contribution in [0.3, 0.4) is 0 Å². The number of aryl methyl sites for hydroxylation is 1. The molecule has 2 aliphatic rings. The van der Waals surface area contributed by atoms with Gasteiger partial charge in [0.05, 0.1) is 23.5 Å². The molecule has 3 aromatic heterocycles. The minimum atomic E-state index is -0.510. The summed E-state index contributed by atoms with van der Waals surface area (Å²) in [5, 5.41) is 30.9. The van der Waals surface area contributed by atoms with Gasteiger partial charge in [0.15, 0.2) is 0 Å². The van der Waals surface area contributed by atoms with E-state index in [1.165, 1.54) is 0 Å². The highest BCUT2D eigenvalue weighted by Crippen LogP contribution is 2.31. The molecule has 0 spiro atoms. The maximum absolute atomic E-state index is 10.2. The van der Waals surface area contributed by atoms with E-state index in [9.17, 15) is 10.2 Å². The third kappa shape index (κ3) is 4.29. The average Bonchev–Trinajstić information content (AvgIpc) is 3.36. The average molecular weight is 452 g/mol. The second-order valence-corrected chi connectivity index (χ2v) is 9.17. The number of aromatic nitrogens is 3. The topological polar surface area (TPSA) is 128 Å². The van der Waals surface area contributed by atoms with Crippen LogP contribution >= 0.6 is 11.3 Å². The van der Waals surface area contributed by atoms with Gasteiger partial charge in [-0.05, 0) is 38.0 Å². The molecule has 166 valence electrons. The summed E-state index contributed by atoms with van der Waals surface area (Å²) in [6, 6.07) is 5.85. The molecule has 9 nitrogen and oxygen atoms in total. The number of hydrogen-bond acceptors (Lipinski definition) is 10. The molecule has 1 fully saturated rings. The van der Waals surface area contributed by atoms with Crippen molar-refractivity contribution in [2.45, 2.75) is 31.9 Å². The molecule has 5 N–H and O–H groups in total. The minimum absolute atomic E-state index is 0.0147. The highest BCUT2D eigenvalue weighted by atomic mass is 32.1. The van der Waals surface area contributed by atoms with Crippen molar-refractivity contribution in [1.29, 1.82) is 0 Å². The second-order valence-electron chi connectivity index (χ2n) is 8.14. The summed E-state index contributed by atoms with van der Waals surface area (Å²) < 4.78 is 1.07. The highest BCUT2D eigenvalue weighted by Gasteiger charge is 2.33. The Kier molecular flexibility index (Phi) is 5.73. The van der Waals surface area contributed by atoms with Crippen LogP contribution in [-0.4, -0.2) is 56.4 Å². The zero-order chi connectivity index (χ0) is 22.1. The van der Waals surface area contributed by atoms with Gasteiger partial charge < -0.3 is 26.2 Å². The third-order valence-electron chi connectivity index (χ3n) is 5.79.